The summed E-state index contributed by atoms with van der Waals surface area (Å²) in [4.78, 5) is 19.3. The molecule has 1 N–H and O–H groups in total. The molecule has 0 atom stereocenters. The van der Waals surface area contributed by atoms with Gasteiger partial charge in [0, 0.05) is 5.69 Å². The number of nitrogens with zero attached hydrogens (tertiary/aromatic N) is 3. The molecule has 7 heteroatoms. The number of ether oxygens (including phenoxy) is 1. The van der Waals surface area contributed by atoms with E-state index in [0.717, 1.165) is 28.4 Å². The van der Waals surface area contributed by atoms with Gasteiger partial charge in [-0.15, -0.1) is 0 Å². The molecular formula is C22H18N4O3. The fourth-order valence-electron chi connectivity index (χ4n) is 3.11. The van der Waals surface area contributed by atoms with Gasteiger partial charge in [0.15, 0.2) is 0 Å². The molecule has 0 aliphatic rings. The zero-order valence-corrected chi connectivity index (χ0v) is 15.7. The Labute approximate surface area is 167 Å². The standard InChI is InChI=1S/C22H18N4O3/c1-2-15-7-5-6-10-19(15)25-21-20(26(27)28)22(24-14-23-21)29-18-12-11-16-8-3-4-9-17(16)13-18/h3-14H,2H2,1H3,(H,23,24,25). The summed E-state index contributed by atoms with van der Waals surface area (Å²) in [6.45, 7) is 2.02. The van der Waals surface area contributed by atoms with Crippen molar-refractivity contribution in [2.45, 2.75) is 13.3 Å². The normalized spacial score (nSPS) is 10.7. The summed E-state index contributed by atoms with van der Waals surface area (Å²) in [5.74, 6) is 0.434. The summed E-state index contributed by atoms with van der Waals surface area (Å²) in [5, 5.41) is 16.9. The van der Waals surface area contributed by atoms with Gasteiger partial charge < -0.3 is 10.1 Å². The number of benzene rings is 3. The molecule has 0 bridgehead atoms. The van der Waals surface area contributed by atoms with Crippen LogP contribution in [0.5, 0.6) is 11.6 Å². The molecule has 4 rings (SSSR count). The molecule has 0 radical (unpaired) electrons. The number of fused-ring (bicyclic) bond motifs is 1. The number of nitro groups is 1. The predicted octanol–water partition coefficient (Wildman–Crippen LogP) is 5.64. The Balaban J connectivity index is 1.71. The van der Waals surface area contributed by atoms with E-state index < -0.39 is 4.92 Å². The van der Waals surface area contributed by atoms with Crippen molar-refractivity contribution in [3.8, 4) is 11.6 Å². The van der Waals surface area contributed by atoms with Gasteiger partial charge in [-0.25, -0.2) is 4.98 Å². The van der Waals surface area contributed by atoms with Crippen LogP contribution in [-0.2, 0) is 6.42 Å². The molecule has 4 aromatic rings. The summed E-state index contributed by atoms with van der Waals surface area (Å²) in [7, 11) is 0. The number of aromatic nitrogens is 2. The van der Waals surface area contributed by atoms with Gasteiger partial charge in [0.25, 0.3) is 0 Å². The number of hydrogen-bond donors (Lipinski definition) is 1. The van der Waals surface area contributed by atoms with Crippen LogP contribution >= 0.6 is 0 Å². The van der Waals surface area contributed by atoms with Crippen LogP contribution in [0.15, 0.2) is 73.1 Å². The summed E-state index contributed by atoms with van der Waals surface area (Å²) < 4.78 is 5.78. The van der Waals surface area contributed by atoms with E-state index in [1.54, 1.807) is 6.07 Å². The van der Waals surface area contributed by atoms with E-state index >= 15 is 0 Å². The first kappa shape index (κ1) is 18.4. The lowest BCUT2D eigenvalue weighted by Gasteiger charge is -2.12. The van der Waals surface area contributed by atoms with Crippen LogP contribution in [0.4, 0.5) is 17.2 Å². The van der Waals surface area contributed by atoms with E-state index in [2.05, 4.69) is 15.3 Å². The zero-order chi connectivity index (χ0) is 20.2. The molecule has 1 aromatic heterocycles. The smallest absolute Gasteiger partial charge is 0.373 e. The second-order valence-electron chi connectivity index (χ2n) is 6.38. The highest BCUT2D eigenvalue weighted by Crippen LogP contribution is 2.36. The SMILES string of the molecule is CCc1ccccc1Nc1ncnc(Oc2ccc3ccccc3c2)c1[N+](=O)[O-]. The number of nitrogens with one attached hydrogen (secondary N) is 1. The van der Waals surface area contributed by atoms with Gasteiger partial charge in [-0.2, -0.15) is 4.98 Å². The van der Waals surface area contributed by atoms with Crippen molar-refractivity contribution in [3.63, 3.8) is 0 Å². The first-order valence-electron chi connectivity index (χ1n) is 9.16. The van der Waals surface area contributed by atoms with Crippen molar-refractivity contribution in [1.29, 1.82) is 0 Å². The van der Waals surface area contributed by atoms with Gasteiger partial charge in [0.2, 0.25) is 5.82 Å². The van der Waals surface area contributed by atoms with Crippen molar-refractivity contribution in [2.24, 2.45) is 0 Å². The number of anilines is 2. The summed E-state index contributed by atoms with van der Waals surface area (Å²) >= 11 is 0. The highest BCUT2D eigenvalue weighted by Gasteiger charge is 2.25. The second kappa shape index (κ2) is 7.93. The Bertz CT molecular complexity index is 1190. The van der Waals surface area contributed by atoms with Crippen LogP contribution < -0.4 is 10.1 Å². The second-order valence-corrected chi connectivity index (χ2v) is 6.38. The van der Waals surface area contributed by atoms with E-state index in [0.29, 0.717) is 5.75 Å². The molecule has 0 aliphatic carbocycles. The van der Waals surface area contributed by atoms with E-state index in [1.807, 2.05) is 67.6 Å². The molecule has 0 spiro atoms. The maximum Gasteiger partial charge on any atom is 0.373 e. The lowest BCUT2D eigenvalue weighted by molar-refractivity contribution is -0.385. The van der Waals surface area contributed by atoms with Crippen LogP contribution in [0.1, 0.15) is 12.5 Å². The summed E-state index contributed by atoms with van der Waals surface area (Å²) in [6, 6.07) is 20.9. The molecule has 0 fully saturated rings. The van der Waals surface area contributed by atoms with Crippen LogP contribution in [0.25, 0.3) is 10.8 Å². The van der Waals surface area contributed by atoms with Crippen LogP contribution in [0.3, 0.4) is 0 Å². The minimum Gasteiger partial charge on any atom is -0.434 e. The quantitative estimate of drug-likeness (QED) is 0.341. The minimum atomic E-state index is -0.534. The van der Waals surface area contributed by atoms with E-state index in [9.17, 15) is 10.1 Å². The van der Waals surface area contributed by atoms with Gasteiger partial charge >= 0.3 is 11.6 Å². The van der Waals surface area contributed by atoms with E-state index in [1.165, 1.54) is 6.33 Å². The lowest BCUT2D eigenvalue weighted by atomic mass is 10.1. The Kier molecular flexibility index (Phi) is 5.03. The third-order valence-electron chi connectivity index (χ3n) is 4.56. The largest absolute Gasteiger partial charge is 0.434 e. The highest BCUT2D eigenvalue weighted by atomic mass is 16.6. The Morgan fingerprint density at radius 2 is 1.76 bits per heavy atom. The van der Waals surface area contributed by atoms with Gasteiger partial charge in [0.1, 0.15) is 12.1 Å². The van der Waals surface area contributed by atoms with Crippen LogP contribution in [-0.4, -0.2) is 14.9 Å². The molecule has 144 valence electrons. The van der Waals surface area contributed by atoms with E-state index in [4.69, 9.17) is 4.74 Å². The number of rotatable bonds is 6. The van der Waals surface area contributed by atoms with Gasteiger partial charge in [-0.1, -0.05) is 55.5 Å². The molecule has 7 nitrogen and oxygen atoms in total. The maximum atomic E-state index is 11.8. The molecule has 1 heterocycles. The van der Waals surface area contributed by atoms with Crippen LogP contribution in [0, 0.1) is 10.1 Å². The molecule has 0 saturated heterocycles. The molecule has 0 saturated carbocycles. The number of para-hydroxylation sites is 1. The van der Waals surface area contributed by atoms with Gasteiger partial charge in [0.05, 0.1) is 4.92 Å². The average Bonchev–Trinajstić information content (AvgIpc) is 2.74. The molecule has 3 aromatic carbocycles. The molecular weight excluding hydrogens is 368 g/mol. The number of hydrogen-bond acceptors (Lipinski definition) is 6. The zero-order valence-electron chi connectivity index (χ0n) is 15.7. The third-order valence-corrected chi connectivity index (χ3v) is 4.56. The average molecular weight is 386 g/mol. The summed E-state index contributed by atoms with van der Waals surface area (Å²) in [5.41, 5.74) is 1.47. The Morgan fingerprint density at radius 3 is 2.55 bits per heavy atom. The topological polar surface area (TPSA) is 90.2 Å². The molecule has 0 amide bonds. The van der Waals surface area contributed by atoms with Crippen molar-refractivity contribution < 1.29 is 9.66 Å². The molecule has 0 unspecified atom stereocenters. The van der Waals surface area contributed by atoms with Crippen molar-refractivity contribution in [1.82, 2.24) is 9.97 Å². The minimum absolute atomic E-state index is 0.0849. The molecule has 29 heavy (non-hydrogen) atoms. The fourth-order valence-corrected chi connectivity index (χ4v) is 3.11. The van der Waals surface area contributed by atoms with Crippen molar-refractivity contribution >= 4 is 28.0 Å². The van der Waals surface area contributed by atoms with Gasteiger partial charge in [-0.3, -0.25) is 10.1 Å². The summed E-state index contributed by atoms with van der Waals surface area (Å²) in [6.07, 6.45) is 2.03. The fraction of sp³-hybridized carbons (Fsp3) is 0.0909. The predicted molar refractivity (Wildman–Crippen MR) is 112 cm³/mol. The Morgan fingerprint density at radius 1 is 1.00 bits per heavy atom. The van der Waals surface area contributed by atoms with E-state index in [-0.39, 0.29) is 17.4 Å². The lowest BCUT2D eigenvalue weighted by Crippen LogP contribution is -2.04. The first-order valence-corrected chi connectivity index (χ1v) is 9.16. The molecule has 0 aliphatic heterocycles. The monoisotopic (exact) mass is 386 g/mol. The first-order chi connectivity index (χ1) is 14.2. The third kappa shape index (κ3) is 3.84. The van der Waals surface area contributed by atoms with Crippen molar-refractivity contribution in [2.75, 3.05) is 5.32 Å². The Hall–Kier alpha value is -4.00. The van der Waals surface area contributed by atoms with Crippen molar-refractivity contribution in [3.05, 3.63) is 88.7 Å². The number of aryl methyl sites for hydroxylation is 1. The van der Waals surface area contributed by atoms with Crippen LogP contribution in [0.2, 0.25) is 0 Å². The highest BCUT2D eigenvalue weighted by molar-refractivity contribution is 5.84. The van der Waals surface area contributed by atoms with Gasteiger partial charge in [-0.05, 0) is 41.0 Å². The maximum absolute atomic E-state index is 11.8.